The van der Waals surface area contributed by atoms with Gasteiger partial charge in [0.1, 0.15) is 0 Å². The molecule has 2 rings (SSSR count). The third-order valence-electron chi connectivity index (χ3n) is 4.04. The van der Waals surface area contributed by atoms with E-state index in [-0.39, 0.29) is 29.8 Å². The molecule has 1 N–H and O–H groups in total. The molecule has 118 valence electrons. The number of sulfonamides is 1. The van der Waals surface area contributed by atoms with Gasteiger partial charge in [-0.25, -0.2) is 21.1 Å². The number of rotatable bonds is 4. The Kier molecular flexibility index (Phi) is 5.44. The van der Waals surface area contributed by atoms with Crippen LogP contribution in [0.4, 0.5) is 0 Å². The topological polar surface area (TPSA) is 83.6 Å². The van der Waals surface area contributed by atoms with Crippen LogP contribution in [0, 0.1) is 0 Å². The first-order valence-corrected chi connectivity index (χ1v) is 10.7. The monoisotopic (exact) mass is 324 g/mol. The number of nitrogens with zero attached hydrogens (tertiary/aromatic N) is 1. The average Bonchev–Trinajstić information content (AvgIpc) is 2.59. The fourth-order valence-electron chi connectivity index (χ4n) is 2.78. The van der Waals surface area contributed by atoms with Gasteiger partial charge in [-0.1, -0.05) is 6.42 Å². The molecule has 0 aromatic rings. The number of hydrogen-bond acceptors (Lipinski definition) is 5. The van der Waals surface area contributed by atoms with E-state index < -0.39 is 19.9 Å². The molecule has 2 saturated heterocycles. The maximum Gasteiger partial charge on any atom is 0.214 e. The Morgan fingerprint density at radius 3 is 2.60 bits per heavy atom. The molecule has 1 unspecified atom stereocenters. The van der Waals surface area contributed by atoms with Gasteiger partial charge in [0.05, 0.1) is 17.3 Å². The van der Waals surface area contributed by atoms with Crippen LogP contribution in [0.15, 0.2) is 0 Å². The van der Waals surface area contributed by atoms with Crippen molar-refractivity contribution in [2.45, 2.75) is 38.1 Å². The van der Waals surface area contributed by atoms with Crippen molar-refractivity contribution >= 4 is 19.9 Å². The summed E-state index contributed by atoms with van der Waals surface area (Å²) in [6.45, 7) is 1.41. The summed E-state index contributed by atoms with van der Waals surface area (Å²) in [5.74, 6) is 0.168. The van der Waals surface area contributed by atoms with Crippen molar-refractivity contribution in [2.75, 3.05) is 36.9 Å². The Morgan fingerprint density at radius 2 is 1.90 bits per heavy atom. The Labute approximate surface area is 121 Å². The highest BCUT2D eigenvalue weighted by atomic mass is 32.2. The summed E-state index contributed by atoms with van der Waals surface area (Å²) in [5.41, 5.74) is 0. The second-order valence-electron chi connectivity index (χ2n) is 5.66. The molecule has 2 heterocycles. The maximum absolute atomic E-state index is 12.3. The van der Waals surface area contributed by atoms with Gasteiger partial charge in [-0.3, -0.25) is 0 Å². The van der Waals surface area contributed by atoms with Gasteiger partial charge in [-0.15, -0.1) is 0 Å². The van der Waals surface area contributed by atoms with E-state index in [4.69, 9.17) is 0 Å². The minimum Gasteiger partial charge on any atom is -0.314 e. The molecule has 0 radical (unpaired) electrons. The van der Waals surface area contributed by atoms with Gasteiger partial charge in [0.25, 0.3) is 0 Å². The van der Waals surface area contributed by atoms with Crippen molar-refractivity contribution in [3.63, 3.8) is 0 Å². The molecule has 2 fully saturated rings. The molecule has 0 aliphatic carbocycles. The number of sulfone groups is 1. The summed E-state index contributed by atoms with van der Waals surface area (Å²) in [7, 11) is -6.39. The summed E-state index contributed by atoms with van der Waals surface area (Å²) in [6.07, 6.45) is 4.37. The molecule has 0 aromatic heterocycles. The molecular weight excluding hydrogens is 300 g/mol. The molecule has 2 aliphatic heterocycles. The van der Waals surface area contributed by atoms with Crippen LogP contribution < -0.4 is 5.32 Å². The molecular formula is C12H24N2O4S2. The van der Waals surface area contributed by atoms with Crippen molar-refractivity contribution < 1.29 is 16.8 Å². The first-order chi connectivity index (χ1) is 9.39. The summed E-state index contributed by atoms with van der Waals surface area (Å²) in [6, 6.07) is 0.286. The molecule has 8 heteroatoms. The van der Waals surface area contributed by atoms with Gasteiger partial charge in [-0.05, 0) is 32.2 Å². The lowest BCUT2D eigenvalue weighted by molar-refractivity contribution is 0.385. The van der Waals surface area contributed by atoms with E-state index in [2.05, 4.69) is 5.32 Å². The Balaban J connectivity index is 1.89. The maximum atomic E-state index is 12.3. The Hall–Kier alpha value is -0.180. The van der Waals surface area contributed by atoms with Crippen LogP contribution >= 0.6 is 0 Å². The quantitative estimate of drug-likeness (QED) is 0.785. The van der Waals surface area contributed by atoms with Crippen LogP contribution in [0.3, 0.4) is 0 Å². The molecule has 2 aliphatic rings. The Morgan fingerprint density at radius 1 is 1.10 bits per heavy atom. The van der Waals surface area contributed by atoms with Gasteiger partial charge >= 0.3 is 0 Å². The molecule has 1 atom stereocenters. The van der Waals surface area contributed by atoms with Crippen LogP contribution in [-0.2, 0) is 19.9 Å². The molecule has 0 spiro atoms. The van der Waals surface area contributed by atoms with E-state index in [1.165, 1.54) is 4.31 Å². The lowest BCUT2D eigenvalue weighted by Gasteiger charge is -2.25. The van der Waals surface area contributed by atoms with Crippen molar-refractivity contribution in [3.05, 3.63) is 0 Å². The standard InChI is InChI=1S/C12H24N2O4S2/c15-19(16)9-3-7-14(8-11-19)20(17,18)10-5-12-4-1-2-6-13-12/h12-13H,1-11H2. The second kappa shape index (κ2) is 6.72. The Bertz CT molecular complexity index is 510. The number of nitrogens with one attached hydrogen (secondary N) is 1. The summed E-state index contributed by atoms with van der Waals surface area (Å²) in [4.78, 5) is 0. The molecule has 0 amide bonds. The number of hydrogen-bond donors (Lipinski definition) is 1. The minimum absolute atomic E-state index is 0.0477. The lowest BCUT2D eigenvalue weighted by atomic mass is 10.0. The third-order valence-corrected chi connectivity index (χ3v) is 7.66. The van der Waals surface area contributed by atoms with E-state index in [1.807, 2.05) is 0 Å². The smallest absolute Gasteiger partial charge is 0.214 e. The fourth-order valence-corrected chi connectivity index (χ4v) is 5.79. The molecule has 6 nitrogen and oxygen atoms in total. The van der Waals surface area contributed by atoms with Gasteiger partial charge in [0.2, 0.25) is 10.0 Å². The third kappa shape index (κ3) is 4.68. The van der Waals surface area contributed by atoms with E-state index in [0.29, 0.717) is 19.4 Å². The number of piperidine rings is 1. The van der Waals surface area contributed by atoms with Crippen LogP contribution in [0.2, 0.25) is 0 Å². The zero-order valence-corrected chi connectivity index (χ0v) is 13.4. The molecule has 0 aromatic carbocycles. The first-order valence-electron chi connectivity index (χ1n) is 7.31. The molecule has 0 saturated carbocycles. The van der Waals surface area contributed by atoms with Crippen molar-refractivity contribution in [1.82, 2.24) is 9.62 Å². The van der Waals surface area contributed by atoms with E-state index in [1.54, 1.807) is 0 Å². The predicted molar refractivity (Wildman–Crippen MR) is 78.9 cm³/mol. The van der Waals surface area contributed by atoms with Crippen LogP contribution in [0.25, 0.3) is 0 Å². The first kappa shape index (κ1) is 16.2. The van der Waals surface area contributed by atoms with Gasteiger partial charge in [-0.2, -0.15) is 0 Å². The lowest BCUT2D eigenvalue weighted by Crippen LogP contribution is -2.39. The van der Waals surface area contributed by atoms with Crippen LogP contribution in [-0.4, -0.2) is 64.1 Å². The zero-order chi connectivity index (χ0) is 14.6. The predicted octanol–water partition coefficient (Wildman–Crippen LogP) is -0.0311. The zero-order valence-electron chi connectivity index (χ0n) is 11.8. The van der Waals surface area contributed by atoms with E-state index in [9.17, 15) is 16.8 Å². The highest BCUT2D eigenvalue weighted by Crippen LogP contribution is 2.15. The van der Waals surface area contributed by atoms with E-state index in [0.717, 1.165) is 25.8 Å². The highest BCUT2D eigenvalue weighted by molar-refractivity contribution is 7.91. The normalized spacial score (nSPS) is 28.9. The highest BCUT2D eigenvalue weighted by Gasteiger charge is 2.28. The summed E-state index contributed by atoms with van der Waals surface area (Å²) < 4.78 is 49.0. The average molecular weight is 324 g/mol. The molecule has 20 heavy (non-hydrogen) atoms. The van der Waals surface area contributed by atoms with Crippen LogP contribution in [0.1, 0.15) is 32.1 Å². The van der Waals surface area contributed by atoms with Gasteiger partial charge in [0.15, 0.2) is 9.84 Å². The van der Waals surface area contributed by atoms with Gasteiger partial charge < -0.3 is 5.32 Å². The summed E-state index contributed by atoms with van der Waals surface area (Å²) >= 11 is 0. The van der Waals surface area contributed by atoms with Crippen molar-refractivity contribution in [3.8, 4) is 0 Å². The SMILES string of the molecule is O=S1(=O)CCCN(S(=O)(=O)CCC2CCCCN2)CC1. The van der Waals surface area contributed by atoms with Crippen LogP contribution in [0.5, 0.6) is 0 Å². The van der Waals surface area contributed by atoms with E-state index >= 15 is 0 Å². The fraction of sp³-hybridized carbons (Fsp3) is 1.00. The summed E-state index contributed by atoms with van der Waals surface area (Å²) in [5, 5.41) is 3.34. The molecule has 0 bridgehead atoms. The van der Waals surface area contributed by atoms with Crippen molar-refractivity contribution in [1.29, 1.82) is 0 Å². The van der Waals surface area contributed by atoms with Crippen molar-refractivity contribution in [2.24, 2.45) is 0 Å². The largest absolute Gasteiger partial charge is 0.314 e. The second-order valence-corrected chi connectivity index (χ2v) is 10.0. The van der Waals surface area contributed by atoms with Gasteiger partial charge in [0, 0.05) is 19.1 Å². The minimum atomic E-state index is -3.33.